The topological polar surface area (TPSA) is 66.8 Å². The monoisotopic (exact) mass is 413 g/mol. The fourth-order valence-electron chi connectivity index (χ4n) is 4.59. The molecule has 0 bridgehead atoms. The Morgan fingerprint density at radius 3 is 2.84 bits per heavy atom. The highest BCUT2D eigenvalue weighted by Crippen LogP contribution is 2.38. The second-order valence-electron chi connectivity index (χ2n) is 8.52. The van der Waals surface area contributed by atoms with E-state index in [-0.39, 0.29) is 5.91 Å². The lowest BCUT2D eigenvalue weighted by Gasteiger charge is -2.26. The third-order valence-electron chi connectivity index (χ3n) is 6.18. The first kappa shape index (κ1) is 19.5. The van der Waals surface area contributed by atoms with E-state index < -0.39 is 0 Å². The molecule has 1 N–H and O–H groups in total. The molecule has 1 aliphatic carbocycles. The number of aromatic amines is 1. The maximum Gasteiger partial charge on any atom is 0.246 e. The first-order chi connectivity index (χ1) is 15.1. The normalized spacial score (nSPS) is 15.3. The standard InChI is InChI=1S/C25H27N5O/c1-29(2)22(31)12-11-17-7-6-8-18(15-17)25-28-21-16-27-24-20(13-14-26-24)23(21)30(25)19-9-4-3-5-10-19/h6-8,11-16,19H,3-5,9-10H2,1-2H3,(H,26,27)/b12-11+. The van der Waals surface area contributed by atoms with Crippen LogP contribution in [0.3, 0.4) is 0 Å². The summed E-state index contributed by atoms with van der Waals surface area (Å²) in [4.78, 5) is 26.4. The smallest absolute Gasteiger partial charge is 0.246 e. The zero-order valence-electron chi connectivity index (χ0n) is 18.0. The minimum absolute atomic E-state index is 0.0271. The van der Waals surface area contributed by atoms with Crippen molar-refractivity contribution in [2.75, 3.05) is 14.1 Å². The quantitative estimate of drug-likeness (QED) is 0.469. The van der Waals surface area contributed by atoms with Crippen molar-refractivity contribution >= 4 is 34.1 Å². The molecule has 1 fully saturated rings. The molecule has 6 heteroatoms. The maximum atomic E-state index is 12.0. The van der Waals surface area contributed by atoms with Crippen LogP contribution in [-0.2, 0) is 4.79 Å². The molecule has 1 aromatic carbocycles. The van der Waals surface area contributed by atoms with Crippen LogP contribution in [0.25, 0.3) is 39.5 Å². The van der Waals surface area contributed by atoms with E-state index in [1.807, 2.05) is 30.6 Å². The van der Waals surface area contributed by atoms with Gasteiger partial charge in [0.2, 0.25) is 5.91 Å². The molecular weight excluding hydrogens is 386 g/mol. The Morgan fingerprint density at radius 2 is 2.03 bits per heavy atom. The molecule has 31 heavy (non-hydrogen) atoms. The third-order valence-corrected chi connectivity index (χ3v) is 6.18. The van der Waals surface area contributed by atoms with Gasteiger partial charge in [-0.15, -0.1) is 0 Å². The van der Waals surface area contributed by atoms with E-state index in [2.05, 4.69) is 32.7 Å². The maximum absolute atomic E-state index is 12.0. The Morgan fingerprint density at radius 1 is 1.19 bits per heavy atom. The number of H-pyrrole nitrogens is 1. The number of nitrogens with one attached hydrogen (secondary N) is 1. The number of carbonyl (C=O) groups is 1. The van der Waals surface area contributed by atoms with Crippen molar-refractivity contribution in [3.05, 3.63) is 54.4 Å². The van der Waals surface area contributed by atoms with Crippen molar-refractivity contribution in [2.24, 2.45) is 0 Å². The fraction of sp³-hybridized carbons (Fsp3) is 0.320. The van der Waals surface area contributed by atoms with Crippen LogP contribution < -0.4 is 0 Å². The van der Waals surface area contributed by atoms with E-state index in [0.29, 0.717) is 6.04 Å². The SMILES string of the molecule is CN(C)C(=O)/C=C/c1cccc(-c2nc3cnc4[nH]ccc4c3n2C2CCCCC2)c1. The van der Waals surface area contributed by atoms with Gasteiger partial charge in [-0.1, -0.05) is 37.5 Å². The number of amides is 1. The summed E-state index contributed by atoms with van der Waals surface area (Å²) in [6.07, 6.45) is 13.4. The van der Waals surface area contributed by atoms with E-state index in [0.717, 1.165) is 39.0 Å². The van der Waals surface area contributed by atoms with Crippen molar-refractivity contribution < 1.29 is 4.79 Å². The predicted octanol–water partition coefficient (Wildman–Crippen LogP) is 5.19. The number of likely N-dealkylation sites (N-methyl/N-ethyl adjacent to an activating group) is 1. The van der Waals surface area contributed by atoms with Gasteiger partial charge in [0.1, 0.15) is 17.0 Å². The van der Waals surface area contributed by atoms with Gasteiger partial charge < -0.3 is 14.5 Å². The molecule has 3 heterocycles. The van der Waals surface area contributed by atoms with Gasteiger partial charge in [-0.2, -0.15) is 0 Å². The van der Waals surface area contributed by atoms with Gasteiger partial charge in [0.25, 0.3) is 0 Å². The number of aromatic nitrogens is 4. The van der Waals surface area contributed by atoms with Crippen LogP contribution in [0.2, 0.25) is 0 Å². The second-order valence-corrected chi connectivity index (χ2v) is 8.52. The van der Waals surface area contributed by atoms with E-state index in [1.54, 1.807) is 25.1 Å². The average molecular weight is 414 g/mol. The van der Waals surface area contributed by atoms with Crippen LogP contribution in [0.15, 0.2) is 48.8 Å². The number of fused-ring (bicyclic) bond motifs is 3. The Hall–Kier alpha value is -3.41. The molecule has 3 aromatic heterocycles. The summed E-state index contributed by atoms with van der Waals surface area (Å²) in [5.41, 5.74) is 5.04. The Balaban J connectivity index is 1.66. The zero-order valence-corrected chi connectivity index (χ0v) is 18.0. The van der Waals surface area contributed by atoms with E-state index in [4.69, 9.17) is 4.98 Å². The molecule has 1 aliphatic rings. The molecule has 0 radical (unpaired) electrons. The number of nitrogens with zero attached hydrogens (tertiary/aromatic N) is 4. The molecule has 4 aromatic rings. The summed E-state index contributed by atoms with van der Waals surface area (Å²) >= 11 is 0. The number of hydrogen-bond donors (Lipinski definition) is 1. The highest BCUT2D eigenvalue weighted by atomic mass is 16.2. The average Bonchev–Trinajstić information content (AvgIpc) is 3.42. The van der Waals surface area contributed by atoms with Crippen molar-refractivity contribution in [1.82, 2.24) is 24.4 Å². The van der Waals surface area contributed by atoms with Crippen LogP contribution in [0.5, 0.6) is 0 Å². The summed E-state index contributed by atoms with van der Waals surface area (Å²) in [7, 11) is 3.51. The Labute approximate surface area is 181 Å². The van der Waals surface area contributed by atoms with Crippen LogP contribution >= 0.6 is 0 Å². The molecule has 1 saturated carbocycles. The molecule has 0 spiro atoms. The van der Waals surface area contributed by atoms with Crippen LogP contribution in [0.4, 0.5) is 0 Å². The lowest BCUT2D eigenvalue weighted by Crippen LogP contribution is -2.18. The summed E-state index contributed by atoms with van der Waals surface area (Å²) in [6.45, 7) is 0. The molecule has 0 atom stereocenters. The molecule has 0 saturated heterocycles. The van der Waals surface area contributed by atoms with Gasteiger partial charge in [0, 0.05) is 43.4 Å². The van der Waals surface area contributed by atoms with E-state index >= 15 is 0 Å². The summed E-state index contributed by atoms with van der Waals surface area (Å²) in [5.74, 6) is 0.951. The number of pyridine rings is 1. The second kappa shape index (κ2) is 8.02. The van der Waals surface area contributed by atoms with Gasteiger partial charge in [-0.3, -0.25) is 4.79 Å². The minimum Gasteiger partial charge on any atom is -0.346 e. The Bertz CT molecular complexity index is 1270. The number of imidazole rings is 1. The molecule has 6 nitrogen and oxygen atoms in total. The minimum atomic E-state index is -0.0271. The van der Waals surface area contributed by atoms with Gasteiger partial charge in [-0.05, 0) is 36.6 Å². The Kier molecular flexibility index (Phi) is 5.06. The van der Waals surface area contributed by atoms with E-state index in [9.17, 15) is 4.79 Å². The number of hydrogen-bond acceptors (Lipinski definition) is 3. The highest BCUT2D eigenvalue weighted by molar-refractivity contribution is 6.02. The first-order valence-corrected chi connectivity index (χ1v) is 11.0. The van der Waals surface area contributed by atoms with Crippen molar-refractivity contribution in [3.8, 4) is 11.4 Å². The van der Waals surface area contributed by atoms with Gasteiger partial charge in [0.15, 0.2) is 0 Å². The summed E-state index contributed by atoms with van der Waals surface area (Å²) in [6, 6.07) is 10.8. The molecule has 1 amide bonds. The number of rotatable bonds is 4. The van der Waals surface area contributed by atoms with E-state index in [1.165, 1.54) is 32.1 Å². The van der Waals surface area contributed by atoms with Gasteiger partial charge >= 0.3 is 0 Å². The molecule has 0 unspecified atom stereocenters. The van der Waals surface area contributed by atoms with Crippen LogP contribution in [-0.4, -0.2) is 44.4 Å². The largest absolute Gasteiger partial charge is 0.346 e. The molecule has 5 rings (SSSR count). The summed E-state index contributed by atoms with van der Waals surface area (Å²) in [5, 5.41) is 1.12. The number of carbonyl (C=O) groups excluding carboxylic acids is 1. The molecule has 158 valence electrons. The molecule has 0 aliphatic heterocycles. The van der Waals surface area contributed by atoms with Crippen molar-refractivity contribution in [2.45, 2.75) is 38.1 Å². The zero-order chi connectivity index (χ0) is 21.4. The van der Waals surface area contributed by atoms with Gasteiger partial charge in [0.05, 0.1) is 11.7 Å². The lowest BCUT2D eigenvalue weighted by molar-refractivity contribution is -0.123. The van der Waals surface area contributed by atoms with Crippen molar-refractivity contribution in [1.29, 1.82) is 0 Å². The first-order valence-electron chi connectivity index (χ1n) is 11.0. The third kappa shape index (κ3) is 3.63. The molecular formula is C25H27N5O. The number of benzene rings is 1. The highest BCUT2D eigenvalue weighted by Gasteiger charge is 2.24. The summed E-state index contributed by atoms with van der Waals surface area (Å²) < 4.78 is 2.44. The lowest BCUT2D eigenvalue weighted by atomic mass is 9.94. The predicted molar refractivity (Wildman–Crippen MR) is 125 cm³/mol. The fourth-order valence-corrected chi connectivity index (χ4v) is 4.59. The van der Waals surface area contributed by atoms with Crippen molar-refractivity contribution in [3.63, 3.8) is 0 Å². The van der Waals surface area contributed by atoms with Crippen LogP contribution in [0.1, 0.15) is 43.7 Å². The van der Waals surface area contributed by atoms with Gasteiger partial charge in [-0.25, -0.2) is 9.97 Å². The van der Waals surface area contributed by atoms with Crippen LogP contribution in [0, 0.1) is 0 Å².